The van der Waals surface area contributed by atoms with Crippen molar-refractivity contribution in [2.75, 3.05) is 39.1 Å². The molecule has 3 rings (SSSR count). The van der Waals surface area contributed by atoms with Crippen molar-refractivity contribution in [2.45, 2.75) is 31.7 Å². The summed E-state index contributed by atoms with van der Waals surface area (Å²) in [5.74, 6) is 1.61. The minimum Gasteiger partial charge on any atom is -0.497 e. The molecule has 0 radical (unpaired) electrons. The Bertz CT molecular complexity index is 746. The van der Waals surface area contributed by atoms with Gasteiger partial charge in [-0.2, -0.15) is 0 Å². The Balaban J connectivity index is 1.40. The molecular formula is C22H30N4O2. The van der Waals surface area contributed by atoms with Crippen LogP contribution in [-0.2, 0) is 6.42 Å². The fourth-order valence-electron chi connectivity index (χ4n) is 3.50. The number of hydrogen-bond donors (Lipinski definition) is 2. The van der Waals surface area contributed by atoms with E-state index < -0.39 is 0 Å². The largest absolute Gasteiger partial charge is 0.497 e. The normalized spacial score (nSPS) is 17.1. The van der Waals surface area contributed by atoms with E-state index >= 15 is 0 Å². The summed E-state index contributed by atoms with van der Waals surface area (Å²) in [7, 11) is 3.81. The predicted octanol–water partition coefficient (Wildman–Crippen LogP) is 2.96. The molecule has 0 spiro atoms. The Morgan fingerprint density at radius 3 is 2.75 bits per heavy atom. The Morgan fingerprint density at radius 1 is 1.25 bits per heavy atom. The zero-order valence-electron chi connectivity index (χ0n) is 16.8. The summed E-state index contributed by atoms with van der Waals surface area (Å²) < 4.78 is 5.16. The molecule has 6 nitrogen and oxygen atoms in total. The van der Waals surface area contributed by atoms with Crippen molar-refractivity contribution in [1.82, 2.24) is 15.2 Å². The van der Waals surface area contributed by atoms with Gasteiger partial charge >= 0.3 is 0 Å². The van der Waals surface area contributed by atoms with E-state index in [0.717, 1.165) is 43.9 Å². The Labute approximate surface area is 167 Å². The van der Waals surface area contributed by atoms with Crippen molar-refractivity contribution >= 4 is 11.7 Å². The van der Waals surface area contributed by atoms with Gasteiger partial charge in [-0.05, 0) is 69.1 Å². The zero-order valence-corrected chi connectivity index (χ0v) is 16.8. The standard InChI is InChI=1S/C22H30N4O2/c1-26-14-4-6-19(16-26)25-21-12-9-18(15-24-21)22(27)23-13-3-5-17-7-10-20(28-2)11-8-17/h7-12,15,19H,3-6,13-14,16H2,1-2H3,(H,23,27)(H,24,25). The van der Waals surface area contributed by atoms with Crippen molar-refractivity contribution in [3.8, 4) is 5.75 Å². The maximum atomic E-state index is 12.3. The van der Waals surface area contributed by atoms with Gasteiger partial charge in [-0.1, -0.05) is 12.1 Å². The Morgan fingerprint density at radius 2 is 2.07 bits per heavy atom. The molecule has 0 aliphatic carbocycles. The monoisotopic (exact) mass is 382 g/mol. The molecule has 0 bridgehead atoms. The second kappa shape index (κ2) is 10.1. The number of hydrogen-bond acceptors (Lipinski definition) is 5. The number of methoxy groups -OCH3 is 1. The molecule has 1 saturated heterocycles. The van der Waals surface area contributed by atoms with Gasteiger partial charge in [0.25, 0.3) is 5.91 Å². The lowest BCUT2D eigenvalue weighted by molar-refractivity contribution is 0.0953. The van der Waals surface area contributed by atoms with Crippen LogP contribution in [-0.4, -0.2) is 55.6 Å². The average molecular weight is 383 g/mol. The fourth-order valence-corrected chi connectivity index (χ4v) is 3.50. The number of anilines is 1. The van der Waals surface area contributed by atoms with E-state index in [9.17, 15) is 4.79 Å². The molecule has 1 amide bonds. The molecule has 28 heavy (non-hydrogen) atoms. The number of nitrogens with one attached hydrogen (secondary N) is 2. The van der Waals surface area contributed by atoms with E-state index in [4.69, 9.17) is 4.74 Å². The van der Waals surface area contributed by atoms with Gasteiger partial charge in [0.05, 0.1) is 12.7 Å². The lowest BCUT2D eigenvalue weighted by Crippen LogP contribution is -2.39. The minimum absolute atomic E-state index is 0.0776. The first-order valence-electron chi connectivity index (χ1n) is 9.96. The van der Waals surface area contributed by atoms with E-state index in [1.807, 2.05) is 24.3 Å². The lowest BCUT2D eigenvalue weighted by atomic mass is 10.1. The number of carbonyl (C=O) groups is 1. The number of amides is 1. The van der Waals surface area contributed by atoms with Crippen LogP contribution in [0.15, 0.2) is 42.6 Å². The number of rotatable bonds is 8. The third-order valence-electron chi connectivity index (χ3n) is 5.09. The highest BCUT2D eigenvalue weighted by Gasteiger charge is 2.17. The summed E-state index contributed by atoms with van der Waals surface area (Å²) in [6.45, 7) is 2.82. The molecule has 1 unspecified atom stereocenters. The number of piperidine rings is 1. The van der Waals surface area contributed by atoms with Crippen molar-refractivity contribution in [1.29, 1.82) is 0 Å². The molecule has 2 N–H and O–H groups in total. The summed E-state index contributed by atoms with van der Waals surface area (Å²) in [6, 6.07) is 12.2. The van der Waals surface area contributed by atoms with Crippen LogP contribution in [0, 0.1) is 0 Å². The summed E-state index contributed by atoms with van der Waals surface area (Å²) in [6.07, 6.45) is 5.81. The number of aromatic nitrogens is 1. The number of ether oxygens (including phenoxy) is 1. The topological polar surface area (TPSA) is 66.5 Å². The number of aryl methyl sites for hydroxylation is 1. The number of benzene rings is 1. The van der Waals surface area contributed by atoms with E-state index in [1.165, 1.54) is 12.0 Å². The summed E-state index contributed by atoms with van der Waals surface area (Å²) >= 11 is 0. The lowest BCUT2D eigenvalue weighted by Gasteiger charge is -2.30. The van der Waals surface area contributed by atoms with Gasteiger partial charge in [-0.3, -0.25) is 4.79 Å². The minimum atomic E-state index is -0.0776. The first kappa shape index (κ1) is 20.1. The third kappa shape index (κ3) is 5.96. The van der Waals surface area contributed by atoms with E-state index in [2.05, 4.69) is 39.7 Å². The number of carbonyl (C=O) groups excluding carboxylic acids is 1. The molecule has 150 valence electrons. The van der Waals surface area contributed by atoms with Crippen LogP contribution < -0.4 is 15.4 Å². The van der Waals surface area contributed by atoms with Crippen LogP contribution >= 0.6 is 0 Å². The Kier molecular flexibility index (Phi) is 7.25. The molecule has 1 fully saturated rings. The number of likely N-dealkylation sites (tertiary alicyclic amines) is 1. The summed E-state index contributed by atoms with van der Waals surface area (Å²) in [5, 5.41) is 6.43. The smallest absolute Gasteiger partial charge is 0.252 e. The fraction of sp³-hybridized carbons (Fsp3) is 0.455. The van der Waals surface area contributed by atoms with Crippen LogP contribution in [0.5, 0.6) is 5.75 Å². The highest BCUT2D eigenvalue weighted by atomic mass is 16.5. The SMILES string of the molecule is COc1ccc(CCCNC(=O)c2ccc(NC3CCCN(C)C3)nc2)cc1. The third-order valence-corrected chi connectivity index (χ3v) is 5.09. The van der Waals surface area contributed by atoms with Gasteiger partial charge in [0, 0.05) is 25.3 Å². The molecule has 2 aromatic rings. The average Bonchev–Trinajstić information content (AvgIpc) is 2.72. The molecule has 2 heterocycles. The second-order valence-corrected chi connectivity index (χ2v) is 7.39. The molecule has 1 aliphatic rings. The van der Waals surface area contributed by atoms with Crippen LogP contribution in [0.2, 0.25) is 0 Å². The maximum absolute atomic E-state index is 12.3. The molecular weight excluding hydrogens is 352 g/mol. The van der Waals surface area contributed by atoms with Gasteiger partial charge in [-0.15, -0.1) is 0 Å². The van der Waals surface area contributed by atoms with Crippen LogP contribution in [0.4, 0.5) is 5.82 Å². The van der Waals surface area contributed by atoms with Crippen LogP contribution in [0.25, 0.3) is 0 Å². The van der Waals surface area contributed by atoms with Gasteiger partial charge in [0.15, 0.2) is 0 Å². The first-order chi connectivity index (χ1) is 13.6. The molecule has 0 saturated carbocycles. The second-order valence-electron chi connectivity index (χ2n) is 7.39. The molecule has 1 aromatic heterocycles. The molecule has 1 atom stereocenters. The van der Waals surface area contributed by atoms with E-state index in [-0.39, 0.29) is 5.91 Å². The van der Waals surface area contributed by atoms with Gasteiger partial charge in [0.2, 0.25) is 0 Å². The first-order valence-corrected chi connectivity index (χ1v) is 9.96. The van der Waals surface area contributed by atoms with Gasteiger partial charge < -0.3 is 20.3 Å². The quantitative estimate of drug-likeness (QED) is 0.687. The molecule has 1 aromatic carbocycles. The van der Waals surface area contributed by atoms with Crippen LogP contribution in [0.3, 0.4) is 0 Å². The highest BCUT2D eigenvalue weighted by Crippen LogP contribution is 2.14. The zero-order chi connectivity index (χ0) is 19.8. The molecule has 1 aliphatic heterocycles. The maximum Gasteiger partial charge on any atom is 0.252 e. The van der Waals surface area contributed by atoms with Crippen molar-refractivity contribution in [3.05, 3.63) is 53.7 Å². The van der Waals surface area contributed by atoms with Crippen molar-refractivity contribution in [2.24, 2.45) is 0 Å². The number of likely N-dealkylation sites (N-methyl/N-ethyl adjacent to an activating group) is 1. The van der Waals surface area contributed by atoms with Crippen LogP contribution in [0.1, 0.15) is 35.2 Å². The van der Waals surface area contributed by atoms with E-state index in [1.54, 1.807) is 13.3 Å². The molecule has 6 heteroatoms. The number of pyridine rings is 1. The van der Waals surface area contributed by atoms with Crippen molar-refractivity contribution < 1.29 is 9.53 Å². The summed E-state index contributed by atoms with van der Waals surface area (Å²) in [4.78, 5) is 19.0. The highest BCUT2D eigenvalue weighted by molar-refractivity contribution is 5.94. The summed E-state index contributed by atoms with van der Waals surface area (Å²) in [5.41, 5.74) is 1.83. The number of nitrogens with zero attached hydrogens (tertiary/aromatic N) is 2. The van der Waals surface area contributed by atoms with E-state index in [0.29, 0.717) is 18.2 Å². The Hall–Kier alpha value is -2.60. The van der Waals surface area contributed by atoms with Gasteiger partial charge in [0.1, 0.15) is 11.6 Å². The van der Waals surface area contributed by atoms with Gasteiger partial charge in [-0.25, -0.2) is 4.98 Å². The predicted molar refractivity (Wildman–Crippen MR) is 112 cm³/mol. The van der Waals surface area contributed by atoms with Crippen molar-refractivity contribution in [3.63, 3.8) is 0 Å².